The summed E-state index contributed by atoms with van der Waals surface area (Å²) >= 11 is 0. The van der Waals surface area contributed by atoms with Crippen molar-refractivity contribution in [2.45, 2.75) is 51.7 Å². The number of carbonyl (C=O) groups is 3. The molecule has 0 aliphatic heterocycles. The van der Waals surface area contributed by atoms with Crippen LogP contribution in [0.1, 0.15) is 39.2 Å². The third kappa shape index (κ3) is 8.11. The average molecular weight is 364 g/mol. The first-order chi connectivity index (χ1) is 12.1. The highest BCUT2D eigenvalue weighted by molar-refractivity contribution is 5.88. The van der Waals surface area contributed by atoms with Crippen LogP contribution in [0.4, 0.5) is 0 Å². The van der Waals surface area contributed by atoms with Gasteiger partial charge in [-0.05, 0) is 32.8 Å². The molecule has 1 rings (SSSR count). The standard InChI is InChI=1S/C19H28N2O5/c1-19(2,3)26-17(23)12-11-15(18(24)21(4)25-5)20-16(22)13-14-9-7-6-8-10-14/h6-10,15H,11-13H2,1-5H3,(H,20,22). The van der Waals surface area contributed by atoms with E-state index in [0.29, 0.717) is 0 Å². The van der Waals surface area contributed by atoms with Crippen molar-refractivity contribution in [3.8, 4) is 0 Å². The van der Waals surface area contributed by atoms with E-state index in [1.54, 1.807) is 20.8 Å². The van der Waals surface area contributed by atoms with Gasteiger partial charge in [0.2, 0.25) is 5.91 Å². The van der Waals surface area contributed by atoms with Gasteiger partial charge in [0.25, 0.3) is 5.91 Å². The highest BCUT2D eigenvalue weighted by atomic mass is 16.7. The van der Waals surface area contributed by atoms with Crippen LogP contribution in [0.25, 0.3) is 0 Å². The monoisotopic (exact) mass is 364 g/mol. The summed E-state index contributed by atoms with van der Waals surface area (Å²) < 4.78 is 5.25. The maximum absolute atomic E-state index is 12.4. The molecule has 1 aromatic rings. The Bertz CT molecular complexity index is 610. The summed E-state index contributed by atoms with van der Waals surface area (Å²) in [7, 11) is 2.81. The van der Waals surface area contributed by atoms with E-state index in [1.165, 1.54) is 14.2 Å². The molecular formula is C19H28N2O5. The van der Waals surface area contributed by atoms with E-state index in [9.17, 15) is 14.4 Å². The van der Waals surface area contributed by atoms with Crippen LogP contribution in [0, 0.1) is 0 Å². The number of benzene rings is 1. The first-order valence-electron chi connectivity index (χ1n) is 8.49. The number of hydrogen-bond acceptors (Lipinski definition) is 5. The van der Waals surface area contributed by atoms with Crippen LogP contribution in [-0.4, -0.2) is 48.6 Å². The van der Waals surface area contributed by atoms with Crippen molar-refractivity contribution >= 4 is 17.8 Å². The van der Waals surface area contributed by atoms with E-state index in [4.69, 9.17) is 9.57 Å². The molecule has 0 heterocycles. The molecular weight excluding hydrogens is 336 g/mol. The number of esters is 1. The van der Waals surface area contributed by atoms with Crippen LogP contribution < -0.4 is 5.32 Å². The van der Waals surface area contributed by atoms with Crippen LogP contribution in [0.15, 0.2) is 30.3 Å². The summed E-state index contributed by atoms with van der Waals surface area (Å²) in [5.41, 5.74) is 0.236. The molecule has 0 aliphatic rings. The number of carbonyl (C=O) groups excluding carboxylic acids is 3. The van der Waals surface area contributed by atoms with Gasteiger partial charge in [0, 0.05) is 13.5 Å². The summed E-state index contributed by atoms with van der Waals surface area (Å²) in [6.07, 6.45) is 0.284. The molecule has 1 atom stereocenters. The van der Waals surface area contributed by atoms with Crippen LogP contribution in [0.2, 0.25) is 0 Å². The average Bonchev–Trinajstić information content (AvgIpc) is 2.56. The Morgan fingerprint density at radius 1 is 1.15 bits per heavy atom. The molecule has 1 aromatic carbocycles. The normalized spacial score (nSPS) is 12.2. The van der Waals surface area contributed by atoms with Crippen LogP contribution in [0.5, 0.6) is 0 Å². The van der Waals surface area contributed by atoms with Crippen LogP contribution >= 0.6 is 0 Å². The highest BCUT2D eigenvalue weighted by Crippen LogP contribution is 2.11. The number of ether oxygens (including phenoxy) is 1. The van der Waals surface area contributed by atoms with Crippen molar-refractivity contribution < 1.29 is 24.0 Å². The third-order valence-corrected chi connectivity index (χ3v) is 3.48. The van der Waals surface area contributed by atoms with Gasteiger partial charge >= 0.3 is 5.97 Å². The molecule has 0 saturated heterocycles. The number of hydroxylamine groups is 2. The fraction of sp³-hybridized carbons (Fsp3) is 0.526. The van der Waals surface area contributed by atoms with E-state index in [-0.39, 0.29) is 25.2 Å². The largest absolute Gasteiger partial charge is 0.460 e. The second kappa shape index (κ2) is 9.91. The molecule has 1 unspecified atom stereocenters. The minimum absolute atomic E-state index is 0.0108. The van der Waals surface area contributed by atoms with E-state index < -0.39 is 23.5 Å². The van der Waals surface area contributed by atoms with Gasteiger partial charge in [-0.15, -0.1) is 0 Å². The zero-order chi connectivity index (χ0) is 19.7. The molecule has 7 nitrogen and oxygen atoms in total. The Hall–Kier alpha value is -2.41. The minimum atomic E-state index is -0.872. The maximum Gasteiger partial charge on any atom is 0.306 e. The van der Waals surface area contributed by atoms with Gasteiger partial charge in [-0.25, -0.2) is 5.06 Å². The molecule has 0 bridgehead atoms. The summed E-state index contributed by atoms with van der Waals surface area (Å²) in [6, 6.07) is 8.33. The van der Waals surface area contributed by atoms with Crippen molar-refractivity contribution in [2.24, 2.45) is 0 Å². The second-order valence-corrected chi connectivity index (χ2v) is 6.93. The molecule has 0 spiro atoms. The third-order valence-electron chi connectivity index (χ3n) is 3.48. The van der Waals surface area contributed by atoms with Gasteiger partial charge in [-0.2, -0.15) is 0 Å². The van der Waals surface area contributed by atoms with Crippen molar-refractivity contribution in [1.82, 2.24) is 10.4 Å². The topological polar surface area (TPSA) is 84.9 Å². The summed E-state index contributed by atoms with van der Waals surface area (Å²) in [4.78, 5) is 41.5. The zero-order valence-electron chi connectivity index (χ0n) is 16.1. The van der Waals surface area contributed by atoms with E-state index in [1.807, 2.05) is 30.3 Å². The molecule has 0 aromatic heterocycles. The number of rotatable bonds is 8. The summed E-state index contributed by atoms with van der Waals surface area (Å²) in [5, 5.41) is 3.71. The number of likely N-dealkylation sites (N-methyl/N-ethyl adjacent to an activating group) is 1. The lowest BCUT2D eigenvalue weighted by atomic mass is 10.1. The number of nitrogens with zero attached hydrogens (tertiary/aromatic N) is 1. The number of nitrogens with one attached hydrogen (secondary N) is 1. The van der Waals surface area contributed by atoms with E-state index >= 15 is 0 Å². The maximum atomic E-state index is 12.4. The van der Waals surface area contributed by atoms with Gasteiger partial charge in [-0.1, -0.05) is 30.3 Å². The molecule has 7 heteroatoms. The SMILES string of the molecule is CON(C)C(=O)C(CCC(=O)OC(C)(C)C)NC(=O)Cc1ccccc1. The first-order valence-corrected chi connectivity index (χ1v) is 8.49. The van der Waals surface area contributed by atoms with Gasteiger partial charge in [0.1, 0.15) is 11.6 Å². The highest BCUT2D eigenvalue weighted by Gasteiger charge is 2.26. The molecule has 0 radical (unpaired) electrons. The minimum Gasteiger partial charge on any atom is -0.460 e. The Morgan fingerprint density at radius 3 is 2.31 bits per heavy atom. The summed E-state index contributed by atoms with van der Waals surface area (Å²) in [5.74, 6) is -1.16. The van der Waals surface area contributed by atoms with Gasteiger partial charge in [0.15, 0.2) is 0 Å². The molecule has 0 aliphatic carbocycles. The molecule has 2 amide bonds. The lowest BCUT2D eigenvalue weighted by Gasteiger charge is -2.24. The Morgan fingerprint density at radius 2 is 1.77 bits per heavy atom. The van der Waals surface area contributed by atoms with E-state index in [0.717, 1.165) is 10.6 Å². The van der Waals surface area contributed by atoms with Crippen molar-refractivity contribution in [2.75, 3.05) is 14.2 Å². The Balaban J connectivity index is 2.70. The van der Waals surface area contributed by atoms with Crippen LogP contribution in [0.3, 0.4) is 0 Å². The quantitative estimate of drug-likeness (QED) is 0.562. The number of hydrogen-bond donors (Lipinski definition) is 1. The molecule has 1 N–H and O–H groups in total. The summed E-state index contributed by atoms with van der Waals surface area (Å²) in [6.45, 7) is 5.32. The van der Waals surface area contributed by atoms with Crippen molar-refractivity contribution in [3.63, 3.8) is 0 Å². The lowest BCUT2D eigenvalue weighted by Crippen LogP contribution is -2.47. The number of amides is 2. The van der Waals surface area contributed by atoms with Crippen LogP contribution in [-0.2, 0) is 30.4 Å². The fourth-order valence-electron chi connectivity index (χ4n) is 2.25. The molecule has 144 valence electrons. The Kier molecular flexibility index (Phi) is 8.25. The van der Waals surface area contributed by atoms with Crippen molar-refractivity contribution in [3.05, 3.63) is 35.9 Å². The fourth-order valence-corrected chi connectivity index (χ4v) is 2.25. The molecule has 0 saturated carbocycles. The molecule has 26 heavy (non-hydrogen) atoms. The molecule has 0 fully saturated rings. The lowest BCUT2D eigenvalue weighted by molar-refractivity contribution is -0.172. The first kappa shape index (κ1) is 21.6. The Labute approximate surface area is 154 Å². The predicted molar refractivity (Wildman–Crippen MR) is 96.9 cm³/mol. The zero-order valence-corrected chi connectivity index (χ0v) is 16.1. The smallest absolute Gasteiger partial charge is 0.306 e. The van der Waals surface area contributed by atoms with Crippen molar-refractivity contribution in [1.29, 1.82) is 0 Å². The predicted octanol–water partition coefficient (Wildman–Crippen LogP) is 1.86. The van der Waals surface area contributed by atoms with E-state index in [2.05, 4.69) is 5.32 Å². The van der Waals surface area contributed by atoms with Gasteiger partial charge in [-0.3, -0.25) is 19.2 Å². The van der Waals surface area contributed by atoms with Gasteiger partial charge in [0.05, 0.1) is 13.5 Å². The second-order valence-electron chi connectivity index (χ2n) is 6.93. The van der Waals surface area contributed by atoms with Gasteiger partial charge < -0.3 is 10.1 Å².